The van der Waals surface area contributed by atoms with E-state index in [9.17, 15) is 4.79 Å². The van der Waals surface area contributed by atoms with E-state index in [0.717, 1.165) is 24.1 Å². The molecular formula is C13H19NO2. The summed E-state index contributed by atoms with van der Waals surface area (Å²) in [4.78, 5) is 11.0. The van der Waals surface area contributed by atoms with Gasteiger partial charge in [-0.05, 0) is 24.5 Å². The monoisotopic (exact) mass is 221 g/mol. The van der Waals surface area contributed by atoms with Crippen LogP contribution in [0.2, 0.25) is 0 Å². The fourth-order valence-electron chi connectivity index (χ4n) is 1.70. The minimum absolute atomic E-state index is 0.488. The maximum atomic E-state index is 11.0. The number of hydrogen-bond acceptors (Lipinski definition) is 2. The van der Waals surface area contributed by atoms with Gasteiger partial charge in [0.25, 0.3) is 0 Å². The van der Waals surface area contributed by atoms with Gasteiger partial charge >= 0.3 is 5.97 Å². The minimum atomic E-state index is -0.784. The number of carbonyl (C=O) groups is 1. The highest BCUT2D eigenvalue weighted by atomic mass is 16.4. The molecule has 0 aromatic heterocycles. The first kappa shape index (κ1) is 12.6. The van der Waals surface area contributed by atoms with Crippen molar-refractivity contribution in [3.8, 4) is 0 Å². The van der Waals surface area contributed by atoms with Crippen molar-refractivity contribution in [2.45, 2.75) is 39.2 Å². The van der Waals surface area contributed by atoms with Crippen molar-refractivity contribution in [1.29, 1.82) is 0 Å². The van der Waals surface area contributed by atoms with Crippen molar-refractivity contribution in [3.63, 3.8) is 0 Å². The summed E-state index contributed by atoms with van der Waals surface area (Å²) in [6.45, 7) is 4.06. The third kappa shape index (κ3) is 3.26. The Morgan fingerprint density at radius 1 is 1.38 bits per heavy atom. The Balaban J connectivity index is 2.80. The minimum Gasteiger partial charge on any atom is -0.480 e. The SMILES string of the molecule is CCCC(Nc1ccccc1CC)C(=O)O. The molecule has 0 spiro atoms. The van der Waals surface area contributed by atoms with Gasteiger partial charge in [-0.1, -0.05) is 38.5 Å². The summed E-state index contributed by atoms with van der Waals surface area (Å²) in [6, 6.07) is 7.36. The maximum absolute atomic E-state index is 11.0. The number of para-hydroxylation sites is 1. The second-order valence-electron chi connectivity index (χ2n) is 3.83. The molecule has 1 aromatic carbocycles. The first-order chi connectivity index (χ1) is 7.69. The number of aliphatic carboxylic acids is 1. The van der Waals surface area contributed by atoms with Crippen LogP contribution in [0.15, 0.2) is 24.3 Å². The van der Waals surface area contributed by atoms with Crippen LogP contribution >= 0.6 is 0 Å². The molecule has 0 radical (unpaired) electrons. The van der Waals surface area contributed by atoms with E-state index < -0.39 is 12.0 Å². The summed E-state index contributed by atoms with van der Waals surface area (Å²) in [6.07, 6.45) is 2.41. The van der Waals surface area contributed by atoms with Gasteiger partial charge in [0.1, 0.15) is 6.04 Å². The molecule has 0 aliphatic heterocycles. The zero-order valence-corrected chi connectivity index (χ0v) is 9.86. The van der Waals surface area contributed by atoms with Gasteiger partial charge in [-0.15, -0.1) is 0 Å². The molecule has 16 heavy (non-hydrogen) atoms. The first-order valence-electron chi connectivity index (χ1n) is 5.76. The van der Waals surface area contributed by atoms with Crippen LogP contribution in [0.3, 0.4) is 0 Å². The fraction of sp³-hybridized carbons (Fsp3) is 0.462. The number of carboxylic acids is 1. The number of benzene rings is 1. The maximum Gasteiger partial charge on any atom is 0.326 e. The Kier molecular flexibility index (Phi) is 4.83. The van der Waals surface area contributed by atoms with Crippen LogP contribution in [0.1, 0.15) is 32.3 Å². The van der Waals surface area contributed by atoms with Crippen molar-refractivity contribution in [2.75, 3.05) is 5.32 Å². The standard InChI is InChI=1S/C13H19NO2/c1-3-7-12(13(15)16)14-11-9-6-5-8-10(11)4-2/h5-6,8-9,12,14H,3-4,7H2,1-2H3,(H,15,16). The van der Waals surface area contributed by atoms with E-state index in [1.165, 1.54) is 0 Å². The van der Waals surface area contributed by atoms with Gasteiger partial charge < -0.3 is 10.4 Å². The van der Waals surface area contributed by atoms with Gasteiger partial charge in [0, 0.05) is 5.69 Å². The lowest BCUT2D eigenvalue weighted by Gasteiger charge is -2.17. The van der Waals surface area contributed by atoms with E-state index in [1.54, 1.807) is 0 Å². The summed E-state index contributed by atoms with van der Waals surface area (Å²) in [5.74, 6) is -0.784. The summed E-state index contributed by atoms with van der Waals surface area (Å²) in [7, 11) is 0. The summed E-state index contributed by atoms with van der Waals surface area (Å²) in [5, 5.41) is 12.2. The van der Waals surface area contributed by atoms with E-state index in [4.69, 9.17) is 5.11 Å². The molecule has 0 bridgehead atoms. The predicted molar refractivity (Wildman–Crippen MR) is 65.8 cm³/mol. The lowest BCUT2D eigenvalue weighted by atomic mass is 10.1. The Bertz CT molecular complexity index is 350. The number of nitrogens with one attached hydrogen (secondary N) is 1. The molecule has 3 nitrogen and oxygen atoms in total. The Morgan fingerprint density at radius 2 is 2.06 bits per heavy atom. The van der Waals surface area contributed by atoms with Crippen molar-refractivity contribution in [2.24, 2.45) is 0 Å². The molecule has 0 saturated heterocycles. The van der Waals surface area contributed by atoms with Gasteiger partial charge in [0.15, 0.2) is 0 Å². The molecule has 0 heterocycles. The molecule has 0 amide bonds. The zero-order chi connectivity index (χ0) is 12.0. The third-order valence-electron chi connectivity index (χ3n) is 2.60. The third-order valence-corrected chi connectivity index (χ3v) is 2.60. The zero-order valence-electron chi connectivity index (χ0n) is 9.86. The Hall–Kier alpha value is -1.51. The second-order valence-corrected chi connectivity index (χ2v) is 3.83. The highest BCUT2D eigenvalue weighted by Gasteiger charge is 2.16. The number of anilines is 1. The van der Waals surface area contributed by atoms with Gasteiger partial charge in [-0.25, -0.2) is 4.79 Å². The Labute approximate surface area is 96.5 Å². The molecule has 2 N–H and O–H groups in total. The largest absolute Gasteiger partial charge is 0.480 e. The van der Waals surface area contributed by atoms with Crippen LogP contribution < -0.4 is 5.32 Å². The van der Waals surface area contributed by atoms with E-state index in [-0.39, 0.29) is 0 Å². The molecule has 0 fully saturated rings. The molecule has 0 aliphatic carbocycles. The smallest absolute Gasteiger partial charge is 0.326 e. The first-order valence-corrected chi connectivity index (χ1v) is 5.76. The lowest BCUT2D eigenvalue weighted by molar-refractivity contribution is -0.138. The average molecular weight is 221 g/mol. The predicted octanol–water partition coefficient (Wildman–Crippen LogP) is 2.91. The molecule has 0 aliphatic rings. The van der Waals surface area contributed by atoms with E-state index in [2.05, 4.69) is 12.2 Å². The van der Waals surface area contributed by atoms with Gasteiger partial charge in [0.2, 0.25) is 0 Å². The van der Waals surface area contributed by atoms with E-state index >= 15 is 0 Å². The highest BCUT2D eigenvalue weighted by molar-refractivity contribution is 5.77. The van der Waals surface area contributed by atoms with E-state index in [1.807, 2.05) is 31.2 Å². The average Bonchev–Trinajstić information content (AvgIpc) is 2.29. The molecule has 88 valence electrons. The highest BCUT2D eigenvalue weighted by Crippen LogP contribution is 2.17. The van der Waals surface area contributed by atoms with Crippen LogP contribution in [0, 0.1) is 0 Å². The number of hydrogen-bond donors (Lipinski definition) is 2. The molecule has 1 aromatic rings. The molecule has 0 saturated carbocycles. The quantitative estimate of drug-likeness (QED) is 0.776. The molecule has 1 rings (SSSR count). The molecular weight excluding hydrogens is 202 g/mol. The van der Waals surface area contributed by atoms with Crippen molar-refractivity contribution in [3.05, 3.63) is 29.8 Å². The van der Waals surface area contributed by atoms with Crippen LogP contribution in [-0.4, -0.2) is 17.1 Å². The van der Waals surface area contributed by atoms with Gasteiger partial charge in [0.05, 0.1) is 0 Å². The topological polar surface area (TPSA) is 49.3 Å². The second kappa shape index (κ2) is 6.16. The van der Waals surface area contributed by atoms with Crippen LogP contribution in [0.25, 0.3) is 0 Å². The number of aryl methyl sites for hydroxylation is 1. The Morgan fingerprint density at radius 3 is 2.62 bits per heavy atom. The summed E-state index contributed by atoms with van der Waals surface area (Å²) in [5.41, 5.74) is 2.09. The van der Waals surface area contributed by atoms with Crippen molar-refractivity contribution in [1.82, 2.24) is 0 Å². The lowest BCUT2D eigenvalue weighted by Crippen LogP contribution is -2.29. The fourth-order valence-corrected chi connectivity index (χ4v) is 1.70. The van der Waals surface area contributed by atoms with Gasteiger partial charge in [-0.2, -0.15) is 0 Å². The normalized spacial score (nSPS) is 12.1. The summed E-state index contributed by atoms with van der Waals surface area (Å²) >= 11 is 0. The molecule has 3 heteroatoms. The van der Waals surface area contributed by atoms with Crippen LogP contribution in [-0.2, 0) is 11.2 Å². The van der Waals surface area contributed by atoms with Gasteiger partial charge in [-0.3, -0.25) is 0 Å². The van der Waals surface area contributed by atoms with Crippen LogP contribution in [0.5, 0.6) is 0 Å². The van der Waals surface area contributed by atoms with Crippen molar-refractivity contribution < 1.29 is 9.90 Å². The number of carboxylic acid groups (broad SMARTS) is 1. The van der Waals surface area contributed by atoms with Crippen molar-refractivity contribution >= 4 is 11.7 Å². The van der Waals surface area contributed by atoms with E-state index in [0.29, 0.717) is 6.42 Å². The molecule has 1 unspecified atom stereocenters. The van der Waals surface area contributed by atoms with Crippen LogP contribution in [0.4, 0.5) is 5.69 Å². The number of rotatable bonds is 6. The summed E-state index contributed by atoms with van der Waals surface area (Å²) < 4.78 is 0. The molecule has 1 atom stereocenters.